The highest BCUT2D eigenvalue weighted by Crippen LogP contribution is 2.16. The Morgan fingerprint density at radius 2 is 1.77 bits per heavy atom. The molecule has 31 heavy (non-hydrogen) atoms. The maximum atomic E-state index is 12.8. The number of carbonyl (C=O) groups excluding carboxylic acids is 2. The average molecular weight is 424 g/mol. The molecule has 3 rings (SSSR count). The number of rotatable bonds is 6. The van der Waals surface area contributed by atoms with Crippen LogP contribution < -0.4 is 15.0 Å². The fourth-order valence-corrected chi connectivity index (χ4v) is 3.50. The van der Waals surface area contributed by atoms with Crippen molar-refractivity contribution >= 4 is 23.7 Å². The summed E-state index contributed by atoms with van der Waals surface area (Å²) in [7, 11) is 1.61. The maximum absolute atomic E-state index is 12.8. The molecule has 1 N–H and O–H groups in total. The third-order valence-electron chi connectivity index (χ3n) is 5.14. The lowest BCUT2D eigenvalue weighted by atomic mass is 10.2. The van der Waals surface area contributed by atoms with Gasteiger partial charge in [0.15, 0.2) is 0 Å². The molecule has 0 radical (unpaired) electrons. The number of nitrogens with zero attached hydrogens (tertiary/aromatic N) is 4. The van der Waals surface area contributed by atoms with Crippen molar-refractivity contribution in [1.29, 1.82) is 0 Å². The van der Waals surface area contributed by atoms with Gasteiger partial charge in [-0.2, -0.15) is 0 Å². The van der Waals surface area contributed by atoms with Gasteiger partial charge in [-0.3, -0.25) is 9.59 Å². The van der Waals surface area contributed by atoms with Crippen molar-refractivity contribution in [3.63, 3.8) is 0 Å². The van der Waals surface area contributed by atoms with Crippen molar-refractivity contribution in [3.8, 4) is 5.75 Å². The van der Waals surface area contributed by atoms with Crippen LogP contribution in [0.1, 0.15) is 24.0 Å². The number of amides is 2. The highest BCUT2D eigenvalue weighted by molar-refractivity contribution is 5.95. The third-order valence-corrected chi connectivity index (χ3v) is 5.14. The molecule has 0 spiro atoms. The number of nitrogens with one attached hydrogen (secondary N) is 1. The Hall–Kier alpha value is -3.42. The van der Waals surface area contributed by atoms with E-state index < -0.39 is 6.04 Å². The number of hydrogen-bond donors (Lipinski definition) is 1. The fraction of sp³-hybridized carbons (Fsp3) is 0.391. The van der Waals surface area contributed by atoms with Gasteiger partial charge in [-0.25, -0.2) is 9.97 Å². The zero-order chi connectivity index (χ0) is 22.4. The third kappa shape index (κ3) is 6.04. The molecule has 1 aliphatic rings. The Balaban J connectivity index is 1.49. The van der Waals surface area contributed by atoms with Crippen LogP contribution in [0.2, 0.25) is 0 Å². The molecule has 8 nitrogen and oxygen atoms in total. The van der Waals surface area contributed by atoms with Crippen molar-refractivity contribution in [3.05, 3.63) is 53.5 Å². The smallest absolute Gasteiger partial charge is 0.244 e. The Morgan fingerprint density at radius 3 is 2.39 bits per heavy atom. The van der Waals surface area contributed by atoms with E-state index in [-0.39, 0.29) is 11.8 Å². The molecule has 2 amide bonds. The van der Waals surface area contributed by atoms with Gasteiger partial charge in [0.2, 0.25) is 11.8 Å². The van der Waals surface area contributed by atoms with E-state index in [1.54, 1.807) is 25.0 Å². The minimum absolute atomic E-state index is 0.0825. The molecule has 1 aromatic carbocycles. The molecule has 2 aromatic rings. The largest absolute Gasteiger partial charge is 0.497 e. The summed E-state index contributed by atoms with van der Waals surface area (Å²) in [5, 5.41) is 2.75. The minimum Gasteiger partial charge on any atom is -0.497 e. The summed E-state index contributed by atoms with van der Waals surface area (Å²) in [5.41, 5.74) is 1.81. The molecule has 1 saturated heterocycles. The van der Waals surface area contributed by atoms with E-state index >= 15 is 0 Å². The van der Waals surface area contributed by atoms with Crippen LogP contribution >= 0.6 is 0 Å². The second-order valence-electron chi connectivity index (χ2n) is 7.56. The first kappa shape index (κ1) is 22.3. The van der Waals surface area contributed by atoms with E-state index in [9.17, 15) is 9.59 Å². The molecular formula is C23H29N5O3. The van der Waals surface area contributed by atoms with Crippen LogP contribution in [0.3, 0.4) is 0 Å². The van der Waals surface area contributed by atoms with E-state index in [1.807, 2.05) is 44.2 Å². The predicted molar refractivity (Wildman–Crippen MR) is 120 cm³/mol. The lowest BCUT2D eigenvalue weighted by Gasteiger charge is -2.36. The molecule has 1 aliphatic heterocycles. The average Bonchev–Trinajstić information content (AvgIpc) is 2.77. The molecule has 0 saturated carbocycles. The van der Waals surface area contributed by atoms with Crippen molar-refractivity contribution < 1.29 is 14.3 Å². The molecule has 1 aromatic heterocycles. The van der Waals surface area contributed by atoms with Gasteiger partial charge in [0.25, 0.3) is 0 Å². The van der Waals surface area contributed by atoms with Crippen molar-refractivity contribution in [2.45, 2.75) is 26.8 Å². The van der Waals surface area contributed by atoms with Gasteiger partial charge < -0.3 is 19.9 Å². The Bertz CT molecular complexity index is 930. The number of aromatic nitrogens is 2. The van der Waals surface area contributed by atoms with Crippen LogP contribution in [0.5, 0.6) is 5.75 Å². The second kappa shape index (κ2) is 10.1. The van der Waals surface area contributed by atoms with Gasteiger partial charge in [-0.15, -0.1) is 0 Å². The van der Waals surface area contributed by atoms with Crippen LogP contribution in [0.25, 0.3) is 6.08 Å². The van der Waals surface area contributed by atoms with E-state index in [2.05, 4.69) is 20.2 Å². The number of anilines is 1. The first-order valence-electron chi connectivity index (χ1n) is 10.3. The molecule has 164 valence electrons. The quantitative estimate of drug-likeness (QED) is 0.715. The number of benzene rings is 1. The standard InChI is InChI=1S/C23H29N5O3/c1-16-15-21(26-18(3)24-16)27-11-13-28(14-12-27)23(30)17(2)25-22(29)10-7-19-5-8-20(31-4)9-6-19/h5-10,15,17H,11-14H2,1-4H3,(H,25,29)/b10-7+. The minimum atomic E-state index is -0.594. The summed E-state index contributed by atoms with van der Waals surface area (Å²) < 4.78 is 5.12. The van der Waals surface area contributed by atoms with Gasteiger partial charge in [0.1, 0.15) is 23.4 Å². The fourth-order valence-electron chi connectivity index (χ4n) is 3.50. The van der Waals surface area contributed by atoms with Crippen molar-refractivity contribution in [1.82, 2.24) is 20.2 Å². The van der Waals surface area contributed by atoms with E-state index in [4.69, 9.17) is 4.74 Å². The Morgan fingerprint density at radius 1 is 1.10 bits per heavy atom. The maximum Gasteiger partial charge on any atom is 0.244 e. The lowest BCUT2D eigenvalue weighted by molar-refractivity contribution is -0.135. The van der Waals surface area contributed by atoms with Gasteiger partial charge in [0, 0.05) is 44.0 Å². The van der Waals surface area contributed by atoms with Crippen molar-refractivity contribution in [2.24, 2.45) is 0 Å². The van der Waals surface area contributed by atoms with Crippen molar-refractivity contribution in [2.75, 3.05) is 38.2 Å². The van der Waals surface area contributed by atoms with Crippen LogP contribution in [0.4, 0.5) is 5.82 Å². The van der Waals surface area contributed by atoms with Crippen LogP contribution in [0, 0.1) is 13.8 Å². The Kier molecular flexibility index (Phi) is 7.23. The summed E-state index contributed by atoms with van der Waals surface area (Å²) in [6, 6.07) is 8.74. The van der Waals surface area contributed by atoms with Gasteiger partial charge >= 0.3 is 0 Å². The summed E-state index contributed by atoms with van der Waals surface area (Å²) in [5.74, 6) is 2.00. The topological polar surface area (TPSA) is 87.7 Å². The number of ether oxygens (including phenoxy) is 1. The van der Waals surface area contributed by atoms with E-state index in [1.165, 1.54) is 6.08 Å². The zero-order valence-corrected chi connectivity index (χ0v) is 18.5. The summed E-state index contributed by atoms with van der Waals surface area (Å²) in [6.45, 7) is 8.10. The van der Waals surface area contributed by atoms with E-state index in [0.717, 1.165) is 28.6 Å². The number of piperazine rings is 1. The molecular weight excluding hydrogens is 394 g/mol. The number of carbonyl (C=O) groups is 2. The van der Waals surface area contributed by atoms with Crippen LogP contribution in [-0.2, 0) is 9.59 Å². The molecule has 1 atom stereocenters. The lowest BCUT2D eigenvalue weighted by Crippen LogP contribution is -2.54. The molecule has 2 heterocycles. The second-order valence-corrected chi connectivity index (χ2v) is 7.56. The Labute approximate surface area is 182 Å². The predicted octanol–water partition coefficient (Wildman–Crippen LogP) is 1.97. The summed E-state index contributed by atoms with van der Waals surface area (Å²) >= 11 is 0. The normalized spacial score (nSPS) is 15.1. The van der Waals surface area contributed by atoms with Gasteiger partial charge in [-0.1, -0.05) is 12.1 Å². The molecule has 1 unspecified atom stereocenters. The molecule has 1 fully saturated rings. The van der Waals surface area contributed by atoms with Gasteiger partial charge in [0.05, 0.1) is 7.11 Å². The first-order valence-corrected chi connectivity index (χ1v) is 10.3. The number of hydrogen-bond acceptors (Lipinski definition) is 6. The molecule has 8 heteroatoms. The SMILES string of the molecule is COc1ccc(/C=C/C(=O)NC(C)C(=O)N2CCN(c3cc(C)nc(C)n3)CC2)cc1. The van der Waals surface area contributed by atoms with E-state index in [0.29, 0.717) is 26.2 Å². The zero-order valence-electron chi connectivity index (χ0n) is 18.5. The van der Waals surface area contributed by atoms with Crippen LogP contribution in [-0.4, -0.2) is 66.0 Å². The highest BCUT2D eigenvalue weighted by Gasteiger charge is 2.26. The number of aryl methyl sites for hydroxylation is 2. The number of methoxy groups -OCH3 is 1. The highest BCUT2D eigenvalue weighted by atomic mass is 16.5. The first-order chi connectivity index (χ1) is 14.9. The summed E-state index contributed by atoms with van der Waals surface area (Å²) in [4.78, 5) is 37.7. The monoisotopic (exact) mass is 423 g/mol. The molecule has 0 bridgehead atoms. The van der Waals surface area contributed by atoms with Crippen LogP contribution in [0.15, 0.2) is 36.4 Å². The summed E-state index contributed by atoms with van der Waals surface area (Å²) in [6.07, 6.45) is 3.14. The van der Waals surface area contributed by atoms with Gasteiger partial charge in [-0.05, 0) is 44.5 Å². The molecule has 0 aliphatic carbocycles.